The average Bonchev–Trinajstić information content (AvgIpc) is 3.29. The van der Waals surface area contributed by atoms with Crippen LogP contribution in [0.25, 0.3) is 23.0 Å². The van der Waals surface area contributed by atoms with E-state index < -0.39 is 0 Å². The number of hydrogen-bond donors (Lipinski definition) is 2. The van der Waals surface area contributed by atoms with E-state index in [0.29, 0.717) is 43.5 Å². The molecule has 3 heterocycles. The van der Waals surface area contributed by atoms with E-state index in [9.17, 15) is 4.79 Å². The molecule has 0 bridgehead atoms. The minimum atomic E-state index is 0.0832. The highest BCUT2D eigenvalue weighted by Gasteiger charge is 2.28. The second kappa shape index (κ2) is 9.31. The maximum atomic E-state index is 12.1. The molecule has 0 radical (unpaired) electrons. The van der Waals surface area contributed by atoms with Crippen molar-refractivity contribution in [2.75, 3.05) is 37.3 Å². The van der Waals surface area contributed by atoms with Gasteiger partial charge in [-0.25, -0.2) is 9.97 Å². The van der Waals surface area contributed by atoms with Gasteiger partial charge < -0.3 is 25.3 Å². The number of nitrogens with zero attached hydrogens (tertiary/aromatic N) is 6. The van der Waals surface area contributed by atoms with Crippen LogP contribution in [-0.4, -0.2) is 63.7 Å². The summed E-state index contributed by atoms with van der Waals surface area (Å²) < 4.78 is 5.87. The number of nitrogens with one attached hydrogen (secondary N) is 1. The maximum Gasteiger partial charge on any atom is 0.270 e. The van der Waals surface area contributed by atoms with Crippen molar-refractivity contribution in [1.29, 1.82) is 0 Å². The van der Waals surface area contributed by atoms with E-state index in [1.54, 1.807) is 6.20 Å². The second-order valence-corrected chi connectivity index (χ2v) is 7.84. The van der Waals surface area contributed by atoms with E-state index in [1.807, 2.05) is 50.1 Å². The molecule has 0 spiro atoms. The van der Waals surface area contributed by atoms with Crippen LogP contribution in [0.3, 0.4) is 0 Å². The van der Waals surface area contributed by atoms with Crippen LogP contribution in [0, 0.1) is 0 Å². The fraction of sp³-hybridized carbons (Fsp3) is 0.409. The number of nitrogen functional groups attached to an aromatic ring is 1. The van der Waals surface area contributed by atoms with Crippen LogP contribution in [0.4, 0.5) is 11.6 Å². The summed E-state index contributed by atoms with van der Waals surface area (Å²) >= 11 is 0. The monoisotopic (exact) mass is 436 g/mol. The topological polar surface area (TPSA) is 126 Å². The van der Waals surface area contributed by atoms with E-state index in [2.05, 4.69) is 30.4 Å². The van der Waals surface area contributed by atoms with Gasteiger partial charge in [-0.2, -0.15) is 0 Å². The molecule has 1 atom stereocenters. The Balaban J connectivity index is 1.54. The Morgan fingerprint density at radius 1 is 1.22 bits per heavy atom. The van der Waals surface area contributed by atoms with Gasteiger partial charge in [0.05, 0.1) is 6.20 Å². The van der Waals surface area contributed by atoms with E-state index in [4.69, 9.17) is 10.2 Å². The van der Waals surface area contributed by atoms with E-state index >= 15 is 0 Å². The van der Waals surface area contributed by atoms with Crippen LogP contribution in [0.2, 0.25) is 0 Å². The predicted octanol–water partition coefficient (Wildman–Crippen LogP) is 1.94. The number of rotatable bonds is 6. The lowest BCUT2D eigenvalue weighted by Gasteiger charge is -2.40. The summed E-state index contributed by atoms with van der Waals surface area (Å²) in [7, 11) is 1.91. The first-order valence-electron chi connectivity index (χ1n) is 10.7. The molecule has 1 aliphatic rings. The van der Waals surface area contributed by atoms with Crippen LogP contribution in [0.5, 0.6) is 0 Å². The summed E-state index contributed by atoms with van der Waals surface area (Å²) in [5, 5.41) is 11.4. The first-order chi connectivity index (χ1) is 15.5. The van der Waals surface area contributed by atoms with Crippen molar-refractivity contribution in [3.8, 4) is 23.0 Å². The summed E-state index contributed by atoms with van der Waals surface area (Å²) in [4.78, 5) is 25.1. The predicted molar refractivity (Wildman–Crippen MR) is 122 cm³/mol. The molecule has 3 N–H and O–H groups in total. The molecule has 3 aromatic rings. The number of hydrogen-bond acceptors (Lipinski definition) is 9. The minimum absolute atomic E-state index is 0.0832. The number of piperazine rings is 1. The van der Waals surface area contributed by atoms with Gasteiger partial charge in [0, 0.05) is 44.2 Å². The van der Waals surface area contributed by atoms with Crippen molar-refractivity contribution in [2.24, 2.45) is 0 Å². The van der Waals surface area contributed by atoms with Crippen LogP contribution >= 0.6 is 0 Å². The molecule has 1 saturated heterocycles. The zero-order valence-electron chi connectivity index (χ0n) is 18.6. The van der Waals surface area contributed by atoms with Gasteiger partial charge in [0.2, 0.25) is 11.8 Å². The molecule has 4 rings (SSSR count). The molecule has 10 nitrogen and oxygen atoms in total. The first-order valence-corrected chi connectivity index (χ1v) is 10.7. The summed E-state index contributed by atoms with van der Waals surface area (Å²) in [5.41, 5.74) is 8.41. The van der Waals surface area contributed by atoms with Crippen molar-refractivity contribution in [1.82, 2.24) is 30.4 Å². The van der Waals surface area contributed by atoms with Gasteiger partial charge in [-0.3, -0.25) is 4.79 Å². The van der Waals surface area contributed by atoms with E-state index in [-0.39, 0.29) is 23.7 Å². The Labute approximate surface area is 186 Å². The third-order valence-corrected chi connectivity index (χ3v) is 5.57. The molecule has 0 aliphatic carbocycles. The van der Waals surface area contributed by atoms with Gasteiger partial charge in [-0.1, -0.05) is 19.1 Å². The van der Waals surface area contributed by atoms with Gasteiger partial charge in [0.1, 0.15) is 5.82 Å². The number of benzene rings is 1. The normalized spacial score (nSPS) is 16.4. The van der Waals surface area contributed by atoms with E-state index in [0.717, 1.165) is 17.7 Å². The lowest BCUT2D eigenvalue weighted by Crippen LogP contribution is -2.54. The molecule has 10 heteroatoms. The standard InChI is InChI=1S/C22H28N8O2/c1-4-18(31)30-10-9-29(13-14(30)2)17-12-25-20(23)19(26-17)22-28-27-21(32-22)16-7-5-15(6-8-16)11-24-3/h5-8,12,14,24H,4,9-11,13H2,1-3H3,(H2,23,25)/t14-/m0/s1. The van der Waals surface area contributed by atoms with Crippen molar-refractivity contribution >= 4 is 17.5 Å². The summed E-state index contributed by atoms with van der Waals surface area (Å²) in [5.74, 6) is 1.67. The van der Waals surface area contributed by atoms with Crippen molar-refractivity contribution in [3.63, 3.8) is 0 Å². The highest BCUT2D eigenvalue weighted by Crippen LogP contribution is 2.28. The summed E-state index contributed by atoms with van der Waals surface area (Å²) in [6.07, 6.45) is 2.15. The van der Waals surface area contributed by atoms with Crippen molar-refractivity contribution in [2.45, 2.75) is 32.9 Å². The van der Waals surface area contributed by atoms with Gasteiger partial charge in [0.25, 0.3) is 5.89 Å². The molecule has 1 amide bonds. The number of amides is 1. The van der Waals surface area contributed by atoms with Gasteiger partial charge in [-0.05, 0) is 31.7 Å². The highest BCUT2D eigenvalue weighted by atomic mass is 16.4. The Hall–Kier alpha value is -3.53. The summed E-state index contributed by atoms with van der Waals surface area (Å²) in [6.45, 7) is 6.68. The molecule has 0 unspecified atom stereocenters. The largest absolute Gasteiger partial charge is 0.414 e. The van der Waals surface area contributed by atoms with Crippen LogP contribution in [0.15, 0.2) is 34.9 Å². The molecule has 1 aromatic carbocycles. The molecule has 2 aromatic heterocycles. The highest BCUT2D eigenvalue weighted by molar-refractivity contribution is 5.76. The Morgan fingerprint density at radius 3 is 2.66 bits per heavy atom. The van der Waals surface area contributed by atoms with Gasteiger partial charge >= 0.3 is 0 Å². The minimum Gasteiger partial charge on any atom is -0.414 e. The Bertz CT molecular complexity index is 1080. The van der Waals surface area contributed by atoms with Crippen LogP contribution < -0.4 is 16.0 Å². The number of carbonyl (C=O) groups excluding carboxylic acids is 1. The molecule has 32 heavy (non-hydrogen) atoms. The average molecular weight is 437 g/mol. The second-order valence-electron chi connectivity index (χ2n) is 7.84. The third kappa shape index (κ3) is 4.40. The fourth-order valence-electron chi connectivity index (χ4n) is 3.84. The lowest BCUT2D eigenvalue weighted by molar-refractivity contribution is -0.133. The molecule has 1 aliphatic heterocycles. The summed E-state index contributed by atoms with van der Waals surface area (Å²) in [6, 6.07) is 7.98. The first kappa shape index (κ1) is 21.7. The third-order valence-electron chi connectivity index (χ3n) is 5.57. The van der Waals surface area contributed by atoms with Gasteiger partial charge in [-0.15, -0.1) is 10.2 Å². The number of aromatic nitrogens is 4. The number of anilines is 2. The molecule has 168 valence electrons. The molecule has 1 fully saturated rings. The van der Waals surface area contributed by atoms with Crippen LogP contribution in [0.1, 0.15) is 25.8 Å². The van der Waals surface area contributed by atoms with Crippen LogP contribution in [-0.2, 0) is 11.3 Å². The lowest BCUT2D eigenvalue weighted by atomic mass is 10.1. The van der Waals surface area contributed by atoms with E-state index in [1.165, 1.54) is 0 Å². The van der Waals surface area contributed by atoms with Crippen molar-refractivity contribution in [3.05, 3.63) is 36.0 Å². The molecular weight excluding hydrogens is 408 g/mol. The molecular formula is C22H28N8O2. The van der Waals surface area contributed by atoms with Gasteiger partial charge in [0.15, 0.2) is 11.5 Å². The molecule has 0 saturated carbocycles. The number of carbonyl (C=O) groups is 1. The Morgan fingerprint density at radius 2 is 1.97 bits per heavy atom. The SMILES string of the molecule is CCC(=O)N1CCN(c2cnc(N)c(-c3nnc(-c4ccc(CNC)cc4)o3)n2)C[C@@H]1C. The number of nitrogens with two attached hydrogens (primary N) is 1. The zero-order valence-corrected chi connectivity index (χ0v) is 18.6. The Kier molecular flexibility index (Phi) is 6.31. The smallest absolute Gasteiger partial charge is 0.270 e. The maximum absolute atomic E-state index is 12.1. The zero-order chi connectivity index (χ0) is 22.7. The van der Waals surface area contributed by atoms with Crippen molar-refractivity contribution < 1.29 is 9.21 Å². The fourth-order valence-corrected chi connectivity index (χ4v) is 3.84. The quantitative estimate of drug-likeness (QED) is 0.596.